The average Bonchev–Trinajstić information content (AvgIpc) is 3.17. The van der Waals surface area contributed by atoms with Crippen LogP contribution in [0, 0.1) is 0 Å². The molecule has 2 aromatic carbocycles. The highest BCUT2D eigenvalue weighted by Gasteiger charge is 2.23. The van der Waals surface area contributed by atoms with Gasteiger partial charge in [-0.15, -0.1) is 0 Å². The van der Waals surface area contributed by atoms with Crippen LogP contribution in [0.4, 0.5) is 5.69 Å². The number of nitrogens with one attached hydrogen (secondary N) is 1. The standard InChI is InChI=1S/C18H14ClNO7S2/c1-28(22,23)14-8-9-15(19)17(11-14)29(24,25)27-13-6-4-12(5-7-13)20-18(21)16-3-2-10-26-16/h2-11H,1H3,(H,20,21). The van der Waals surface area contributed by atoms with Crippen molar-refractivity contribution >= 4 is 43.2 Å². The summed E-state index contributed by atoms with van der Waals surface area (Å²) in [6.07, 6.45) is 2.31. The van der Waals surface area contributed by atoms with Crippen LogP contribution in [0.2, 0.25) is 5.02 Å². The van der Waals surface area contributed by atoms with Crippen molar-refractivity contribution in [1.82, 2.24) is 0 Å². The van der Waals surface area contributed by atoms with E-state index in [1.165, 1.54) is 48.7 Å². The first-order valence-electron chi connectivity index (χ1n) is 7.95. The molecule has 1 heterocycles. The quantitative estimate of drug-likeness (QED) is 0.566. The van der Waals surface area contributed by atoms with Gasteiger partial charge in [-0.05, 0) is 54.6 Å². The Morgan fingerprint density at radius 3 is 2.31 bits per heavy atom. The zero-order chi connectivity index (χ0) is 21.2. The smallest absolute Gasteiger partial charge is 0.340 e. The molecule has 1 amide bonds. The molecular formula is C18H14ClNO7S2. The minimum absolute atomic E-state index is 0.0539. The van der Waals surface area contributed by atoms with Gasteiger partial charge in [-0.3, -0.25) is 4.79 Å². The molecule has 11 heteroatoms. The summed E-state index contributed by atoms with van der Waals surface area (Å²) in [6.45, 7) is 0. The molecule has 0 aliphatic rings. The number of amides is 1. The topological polar surface area (TPSA) is 120 Å². The van der Waals surface area contributed by atoms with E-state index >= 15 is 0 Å². The molecule has 1 aromatic heterocycles. The number of hydrogen-bond acceptors (Lipinski definition) is 7. The van der Waals surface area contributed by atoms with E-state index in [4.69, 9.17) is 20.2 Å². The number of carbonyl (C=O) groups is 1. The van der Waals surface area contributed by atoms with Crippen LogP contribution in [-0.2, 0) is 20.0 Å². The number of carbonyl (C=O) groups excluding carboxylic acids is 1. The van der Waals surface area contributed by atoms with Gasteiger partial charge in [0.1, 0.15) is 10.6 Å². The van der Waals surface area contributed by atoms with Gasteiger partial charge in [0, 0.05) is 11.9 Å². The number of sulfone groups is 1. The van der Waals surface area contributed by atoms with E-state index < -0.39 is 30.8 Å². The Bertz CT molecular complexity index is 1250. The van der Waals surface area contributed by atoms with Gasteiger partial charge >= 0.3 is 10.1 Å². The summed E-state index contributed by atoms with van der Waals surface area (Å²) in [5, 5.41) is 2.39. The molecule has 0 spiro atoms. The van der Waals surface area contributed by atoms with E-state index in [1.54, 1.807) is 6.07 Å². The summed E-state index contributed by atoms with van der Waals surface area (Å²) < 4.78 is 58.4. The minimum atomic E-state index is -4.40. The normalized spacial score (nSPS) is 11.8. The number of rotatable bonds is 6. The maximum Gasteiger partial charge on any atom is 0.340 e. The van der Waals surface area contributed by atoms with Crippen LogP contribution in [0.3, 0.4) is 0 Å². The number of benzene rings is 2. The van der Waals surface area contributed by atoms with Gasteiger partial charge in [0.2, 0.25) is 0 Å². The molecule has 0 unspecified atom stereocenters. The summed E-state index contributed by atoms with van der Waals surface area (Å²) in [7, 11) is -8.03. The fourth-order valence-electron chi connectivity index (χ4n) is 2.27. The first kappa shape index (κ1) is 20.9. The van der Waals surface area contributed by atoms with Crippen molar-refractivity contribution in [3.8, 4) is 5.75 Å². The SMILES string of the molecule is CS(=O)(=O)c1ccc(Cl)c(S(=O)(=O)Oc2ccc(NC(=O)c3ccco3)cc2)c1. The maximum atomic E-state index is 12.5. The lowest BCUT2D eigenvalue weighted by molar-refractivity contribution is 0.0996. The monoisotopic (exact) mass is 455 g/mol. The van der Waals surface area contributed by atoms with Crippen LogP contribution in [0.15, 0.2) is 75.1 Å². The van der Waals surface area contributed by atoms with E-state index in [1.807, 2.05) is 0 Å². The molecule has 3 rings (SSSR count). The van der Waals surface area contributed by atoms with Crippen LogP contribution in [-0.4, -0.2) is 29.0 Å². The fourth-order valence-corrected chi connectivity index (χ4v) is 4.43. The second-order valence-electron chi connectivity index (χ2n) is 5.86. The van der Waals surface area contributed by atoms with Crippen molar-refractivity contribution in [2.24, 2.45) is 0 Å². The highest BCUT2D eigenvalue weighted by molar-refractivity contribution is 7.90. The number of anilines is 1. The Kier molecular flexibility index (Phi) is 5.69. The zero-order valence-corrected chi connectivity index (χ0v) is 17.2. The molecule has 3 aromatic rings. The third-order valence-electron chi connectivity index (χ3n) is 3.66. The molecule has 0 aliphatic carbocycles. The number of halogens is 1. The molecule has 0 bridgehead atoms. The van der Waals surface area contributed by atoms with Crippen LogP contribution in [0.1, 0.15) is 10.6 Å². The van der Waals surface area contributed by atoms with Gasteiger partial charge in [0.25, 0.3) is 5.91 Å². The van der Waals surface area contributed by atoms with Crippen molar-refractivity contribution in [2.75, 3.05) is 11.6 Å². The molecule has 152 valence electrons. The Balaban J connectivity index is 1.80. The van der Waals surface area contributed by atoms with Crippen LogP contribution >= 0.6 is 11.6 Å². The highest BCUT2D eigenvalue weighted by Crippen LogP contribution is 2.28. The van der Waals surface area contributed by atoms with Crippen molar-refractivity contribution < 1.29 is 30.2 Å². The molecule has 0 atom stereocenters. The Morgan fingerprint density at radius 2 is 1.72 bits per heavy atom. The molecule has 8 nitrogen and oxygen atoms in total. The molecule has 0 fully saturated rings. The second kappa shape index (κ2) is 7.90. The molecule has 0 radical (unpaired) electrons. The maximum absolute atomic E-state index is 12.5. The summed E-state index contributed by atoms with van der Waals surface area (Å²) >= 11 is 5.92. The van der Waals surface area contributed by atoms with Gasteiger partial charge in [-0.1, -0.05) is 11.6 Å². The van der Waals surface area contributed by atoms with Crippen molar-refractivity contribution in [3.05, 3.63) is 71.6 Å². The lowest BCUT2D eigenvalue weighted by Gasteiger charge is -2.10. The van der Waals surface area contributed by atoms with E-state index in [9.17, 15) is 21.6 Å². The van der Waals surface area contributed by atoms with Gasteiger partial charge in [-0.25, -0.2) is 8.42 Å². The highest BCUT2D eigenvalue weighted by atomic mass is 35.5. The fraction of sp³-hybridized carbons (Fsp3) is 0.0556. The van der Waals surface area contributed by atoms with Crippen LogP contribution in [0.5, 0.6) is 5.75 Å². The second-order valence-corrected chi connectivity index (χ2v) is 9.80. The first-order valence-corrected chi connectivity index (χ1v) is 11.6. The van der Waals surface area contributed by atoms with Gasteiger partial charge in [0.05, 0.1) is 16.2 Å². The molecular weight excluding hydrogens is 442 g/mol. The van der Waals surface area contributed by atoms with Gasteiger partial charge in [0.15, 0.2) is 15.6 Å². The Labute approximate surface area is 172 Å². The largest absolute Gasteiger partial charge is 0.459 e. The lowest BCUT2D eigenvalue weighted by atomic mass is 10.3. The summed E-state index contributed by atoms with van der Waals surface area (Å²) in [4.78, 5) is 11.2. The predicted molar refractivity (Wildman–Crippen MR) is 105 cm³/mol. The summed E-state index contributed by atoms with van der Waals surface area (Å²) in [5.41, 5.74) is 0.383. The van der Waals surface area contributed by atoms with Gasteiger partial charge in [-0.2, -0.15) is 8.42 Å². The molecule has 0 saturated heterocycles. The first-order chi connectivity index (χ1) is 13.6. The van der Waals surface area contributed by atoms with Gasteiger partial charge < -0.3 is 13.9 Å². The van der Waals surface area contributed by atoms with Crippen LogP contribution in [0.25, 0.3) is 0 Å². The van der Waals surface area contributed by atoms with E-state index in [2.05, 4.69) is 5.32 Å². The molecule has 0 saturated carbocycles. The predicted octanol–water partition coefficient (Wildman–Crippen LogP) is 3.36. The third-order valence-corrected chi connectivity index (χ3v) is 6.50. The molecule has 29 heavy (non-hydrogen) atoms. The molecule has 1 N–H and O–H groups in total. The van der Waals surface area contributed by atoms with Crippen molar-refractivity contribution in [3.63, 3.8) is 0 Å². The van der Waals surface area contributed by atoms with Crippen molar-refractivity contribution in [2.45, 2.75) is 9.79 Å². The van der Waals surface area contributed by atoms with Crippen LogP contribution < -0.4 is 9.50 Å². The Hall–Kier alpha value is -2.82. The minimum Gasteiger partial charge on any atom is -0.459 e. The average molecular weight is 456 g/mol. The number of furan rings is 1. The van der Waals surface area contributed by atoms with E-state index in [0.29, 0.717) is 5.69 Å². The summed E-state index contributed by atoms with van der Waals surface area (Å²) in [5.74, 6) is -0.407. The molecule has 0 aliphatic heterocycles. The Morgan fingerprint density at radius 1 is 1.03 bits per heavy atom. The van der Waals surface area contributed by atoms with Crippen molar-refractivity contribution in [1.29, 1.82) is 0 Å². The summed E-state index contributed by atoms with van der Waals surface area (Å²) in [6, 6.07) is 11.9. The zero-order valence-electron chi connectivity index (χ0n) is 14.8. The number of hydrogen-bond donors (Lipinski definition) is 1. The van der Waals surface area contributed by atoms with E-state index in [0.717, 1.165) is 12.3 Å². The third kappa shape index (κ3) is 4.97. The lowest BCUT2D eigenvalue weighted by Crippen LogP contribution is -2.12. The van der Waals surface area contributed by atoms with E-state index in [-0.39, 0.29) is 21.4 Å².